The van der Waals surface area contributed by atoms with Crippen LogP contribution in [0.25, 0.3) is 21.5 Å². The summed E-state index contributed by atoms with van der Waals surface area (Å²) in [6.07, 6.45) is 2.38. The zero-order valence-electron chi connectivity index (χ0n) is 15.6. The third-order valence-electron chi connectivity index (χ3n) is 5.06. The SMILES string of the molecule is CCC[Si](CCl)c1c2ccccc2c([Si](CCl)CCC)c2ccccc12. The van der Waals surface area contributed by atoms with Crippen LogP contribution in [0.5, 0.6) is 0 Å². The molecule has 136 valence electrons. The summed E-state index contributed by atoms with van der Waals surface area (Å²) in [5, 5.41) is 8.77. The molecule has 0 aliphatic carbocycles. The monoisotopic (exact) mass is 416 g/mol. The molecule has 0 heterocycles. The first-order chi connectivity index (χ1) is 12.8. The molecule has 0 spiro atoms. The standard InChI is InChI=1S/C22H26Cl2Si2/c1-3-13-25(15-23)21-17-9-5-7-11-19(17)22(26(16-24)14-4-2)20-12-8-6-10-18(20)21/h5-12H,3-4,13-16H2,1-2H3. The number of halogens is 2. The van der Waals surface area contributed by atoms with E-state index < -0.39 is 17.6 Å². The topological polar surface area (TPSA) is 0 Å². The quantitative estimate of drug-likeness (QED) is 0.248. The lowest BCUT2D eigenvalue weighted by Gasteiger charge is -2.23. The lowest BCUT2D eigenvalue weighted by Crippen LogP contribution is -2.39. The molecular weight excluding hydrogens is 391 g/mol. The van der Waals surface area contributed by atoms with Crippen LogP contribution >= 0.6 is 23.2 Å². The van der Waals surface area contributed by atoms with Crippen molar-refractivity contribution in [1.82, 2.24) is 0 Å². The molecule has 0 atom stereocenters. The van der Waals surface area contributed by atoms with Gasteiger partial charge in [-0.2, -0.15) is 0 Å². The molecule has 0 aromatic heterocycles. The van der Waals surface area contributed by atoms with E-state index in [0.29, 0.717) is 0 Å². The molecule has 3 aromatic carbocycles. The van der Waals surface area contributed by atoms with Gasteiger partial charge in [-0.15, -0.1) is 23.2 Å². The summed E-state index contributed by atoms with van der Waals surface area (Å²) in [5.41, 5.74) is 1.54. The molecule has 0 saturated heterocycles. The molecule has 0 aliphatic heterocycles. The van der Waals surface area contributed by atoms with Crippen molar-refractivity contribution in [2.45, 2.75) is 38.8 Å². The fourth-order valence-electron chi connectivity index (χ4n) is 4.01. The van der Waals surface area contributed by atoms with Gasteiger partial charge in [0.2, 0.25) is 0 Å². The van der Waals surface area contributed by atoms with E-state index in [0.717, 1.165) is 11.0 Å². The van der Waals surface area contributed by atoms with Crippen molar-refractivity contribution >= 4 is 72.7 Å². The third-order valence-corrected chi connectivity index (χ3v) is 12.3. The Morgan fingerprint density at radius 1 is 0.615 bits per heavy atom. The van der Waals surface area contributed by atoms with Crippen LogP contribution in [0.3, 0.4) is 0 Å². The highest BCUT2D eigenvalue weighted by molar-refractivity contribution is 6.86. The first kappa shape index (κ1) is 19.9. The maximum Gasteiger partial charge on any atom is 0.104 e. The minimum atomic E-state index is -0.779. The van der Waals surface area contributed by atoms with Crippen molar-refractivity contribution in [1.29, 1.82) is 0 Å². The van der Waals surface area contributed by atoms with Crippen LogP contribution in [-0.4, -0.2) is 28.6 Å². The largest absolute Gasteiger partial charge is 0.130 e. The molecule has 0 saturated carbocycles. The molecular formula is C22H26Cl2Si2. The van der Waals surface area contributed by atoms with Crippen LogP contribution < -0.4 is 10.4 Å². The molecule has 0 N–H and O–H groups in total. The summed E-state index contributed by atoms with van der Waals surface area (Å²) in [5.74, 6) is 0. The van der Waals surface area contributed by atoms with Crippen molar-refractivity contribution in [3.63, 3.8) is 0 Å². The highest BCUT2D eigenvalue weighted by atomic mass is 35.5. The average Bonchev–Trinajstić information content (AvgIpc) is 2.69. The molecule has 0 amide bonds. The van der Waals surface area contributed by atoms with Gasteiger partial charge in [-0.05, 0) is 31.9 Å². The van der Waals surface area contributed by atoms with Gasteiger partial charge in [0.05, 0.1) is 0 Å². The minimum Gasteiger partial charge on any atom is -0.130 e. The number of alkyl halides is 2. The molecule has 0 aliphatic rings. The molecule has 0 nitrogen and oxygen atoms in total. The van der Waals surface area contributed by atoms with Crippen LogP contribution in [-0.2, 0) is 0 Å². The maximum absolute atomic E-state index is 6.49. The first-order valence-electron chi connectivity index (χ1n) is 9.52. The Kier molecular flexibility index (Phi) is 7.22. The Hall–Kier alpha value is -0.806. The Labute approximate surface area is 170 Å². The van der Waals surface area contributed by atoms with Crippen LogP contribution in [0.4, 0.5) is 0 Å². The predicted octanol–water partition coefficient (Wildman–Crippen LogP) is 5.77. The van der Waals surface area contributed by atoms with E-state index in [-0.39, 0.29) is 0 Å². The summed E-state index contributed by atoms with van der Waals surface area (Å²) in [6.45, 7) is 4.54. The second-order valence-electron chi connectivity index (χ2n) is 6.82. The van der Waals surface area contributed by atoms with Gasteiger partial charge in [0.1, 0.15) is 17.6 Å². The smallest absolute Gasteiger partial charge is 0.104 e. The van der Waals surface area contributed by atoms with Crippen molar-refractivity contribution < 1.29 is 0 Å². The number of benzene rings is 3. The summed E-state index contributed by atoms with van der Waals surface area (Å²) in [6, 6.07) is 20.4. The van der Waals surface area contributed by atoms with Gasteiger partial charge in [0.15, 0.2) is 0 Å². The van der Waals surface area contributed by atoms with E-state index in [4.69, 9.17) is 23.2 Å². The van der Waals surface area contributed by atoms with Crippen molar-refractivity contribution in [3.05, 3.63) is 48.5 Å². The summed E-state index contributed by atoms with van der Waals surface area (Å²) in [4.78, 5) is 0. The van der Waals surface area contributed by atoms with Crippen molar-refractivity contribution in [2.24, 2.45) is 0 Å². The van der Waals surface area contributed by atoms with E-state index in [2.05, 4.69) is 62.4 Å². The van der Waals surface area contributed by atoms with Crippen molar-refractivity contribution in [3.8, 4) is 0 Å². The van der Waals surface area contributed by atoms with Gasteiger partial charge >= 0.3 is 0 Å². The normalized spacial score (nSPS) is 11.9. The highest BCUT2D eigenvalue weighted by Crippen LogP contribution is 2.23. The fourth-order valence-corrected chi connectivity index (χ4v) is 10.3. The molecule has 0 fully saturated rings. The number of fused-ring (bicyclic) bond motifs is 2. The maximum atomic E-state index is 6.49. The predicted molar refractivity (Wildman–Crippen MR) is 124 cm³/mol. The van der Waals surface area contributed by atoms with Gasteiger partial charge in [-0.3, -0.25) is 0 Å². The third kappa shape index (κ3) is 3.75. The summed E-state index contributed by atoms with van der Waals surface area (Å²) < 4.78 is 0. The van der Waals surface area contributed by atoms with Crippen LogP contribution in [0, 0.1) is 0 Å². The molecule has 0 unspecified atom stereocenters. The highest BCUT2D eigenvalue weighted by Gasteiger charge is 2.24. The minimum absolute atomic E-state index is 0.772. The number of rotatable bonds is 8. The van der Waals surface area contributed by atoms with Crippen LogP contribution in [0.1, 0.15) is 26.7 Å². The lowest BCUT2D eigenvalue weighted by molar-refractivity contribution is 1.07. The van der Waals surface area contributed by atoms with Gasteiger partial charge in [-0.25, -0.2) is 0 Å². The zero-order valence-corrected chi connectivity index (χ0v) is 19.1. The van der Waals surface area contributed by atoms with Gasteiger partial charge < -0.3 is 0 Å². The van der Waals surface area contributed by atoms with E-state index in [1.807, 2.05) is 0 Å². The van der Waals surface area contributed by atoms with Gasteiger partial charge in [0.25, 0.3) is 0 Å². The Morgan fingerprint density at radius 3 is 1.15 bits per heavy atom. The Balaban J connectivity index is 2.42. The van der Waals surface area contributed by atoms with E-state index in [1.54, 1.807) is 0 Å². The molecule has 3 rings (SSSR count). The van der Waals surface area contributed by atoms with E-state index in [9.17, 15) is 0 Å². The van der Waals surface area contributed by atoms with Gasteiger partial charge in [0, 0.05) is 11.0 Å². The van der Waals surface area contributed by atoms with Crippen molar-refractivity contribution in [2.75, 3.05) is 11.0 Å². The summed E-state index contributed by atoms with van der Waals surface area (Å²) >= 11 is 13.0. The molecule has 26 heavy (non-hydrogen) atoms. The second kappa shape index (κ2) is 9.41. The van der Waals surface area contributed by atoms with E-state index in [1.165, 1.54) is 56.8 Å². The average molecular weight is 418 g/mol. The number of hydrogen-bond donors (Lipinski definition) is 0. The molecule has 2 radical (unpaired) electrons. The zero-order chi connectivity index (χ0) is 18.5. The lowest BCUT2D eigenvalue weighted by atomic mass is 10.0. The Bertz CT molecular complexity index is 750. The number of hydrogen-bond acceptors (Lipinski definition) is 0. The van der Waals surface area contributed by atoms with Crippen LogP contribution in [0.2, 0.25) is 12.1 Å². The molecule has 0 bridgehead atoms. The van der Waals surface area contributed by atoms with Gasteiger partial charge in [-0.1, -0.05) is 87.3 Å². The van der Waals surface area contributed by atoms with Crippen LogP contribution in [0.15, 0.2) is 48.5 Å². The Morgan fingerprint density at radius 2 is 0.923 bits per heavy atom. The molecule has 4 heteroatoms. The molecule has 3 aromatic rings. The second-order valence-corrected chi connectivity index (χ2v) is 13.4. The fraction of sp³-hybridized carbons (Fsp3) is 0.364. The van der Waals surface area contributed by atoms with E-state index >= 15 is 0 Å². The summed E-state index contributed by atoms with van der Waals surface area (Å²) in [7, 11) is -1.56. The first-order valence-corrected chi connectivity index (χ1v) is 14.4.